The van der Waals surface area contributed by atoms with Gasteiger partial charge in [-0.1, -0.05) is 11.6 Å². The quantitative estimate of drug-likeness (QED) is 0.743. The lowest BCUT2D eigenvalue weighted by Crippen LogP contribution is -1.91. The summed E-state index contributed by atoms with van der Waals surface area (Å²) >= 11 is 5.74. The first kappa shape index (κ1) is 10.7. The lowest BCUT2D eigenvalue weighted by Gasteiger charge is -1.99. The van der Waals surface area contributed by atoms with E-state index in [4.69, 9.17) is 21.8 Å². The Labute approximate surface area is 85.5 Å². The Hall–Kier alpha value is -1.39. The maximum atomic E-state index is 10.2. The highest BCUT2D eigenvalue weighted by Crippen LogP contribution is 2.15. The second-order valence-electron chi connectivity index (χ2n) is 2.53. The molecule has 1 rings (SSSR count). The molecule has 0 bridgehead atoms. The molecule has 2 N–H and O–H groups in total. The van der Waals surface area contributed by atoms with Gasteiger partial charge in [-0.2, -0.15) is 0 Å². The van der Waals surface area contributed by atoms with Gasteiger partial charge in [0.2, 0.25) is 0 Å². The van der Waals surface area contributed by atoms with E-state index >= 15 is 0 Å². The third-order valence-electron chi connectivity index (χ3n) is 1.51. The number of carboxylic acid groups (broad SMARTS) is 1. The summed E-state index contributed by atoms with van der Waals surface area (Å²) in [6.45, 7) is -0.234. The first-order valence-corrected chi connectivity index (χ1v) is 4.17. The van der Waals surface area contributed by atoms with E-state index in [9.17, 15) is 4.79 Å². The van der Waals surface area contributed by atoms with Gasteiger partial charge in [-0.25, -0.2) is 4.79 Å². The molecule has 1 aromatic rings. The van der Waals surface area contributed by atoms with Gasteiger partial charge in [-0.3, -0.25) is 4.98 Å². The van der Waals surface area contributed by atoms with Crippen LogP contribution in [-0.4, -0.2) is 21.2 Å². The predicted molar refractivity (Wildman–Crippen MR) is 51.8 cm³/mol. The van der Waals surface area contributed by atoms with Crippen molar-refractivity contribution < 1.29 is 15.0 Å². The Balaban J connectivity index is 2.91. The van der Waals surface area contributed by atoms with Crippen molar-refractivity contribution in [3.05, 3.63) is 34.6 Å². The first-order valence-electron chi connectivity index (χ1n) is 3.80. The number of hydrogen-bond acceptors (Lipinski definition) is 3. The molecule has 1 heterocycles. The highest BCUT2D eigenvalue weighted by Gasteiger charge is 2.00. The van der Waals surface area contributed by atoms with Crippen LogP contribution in [0.15, 0.2) is 18.3 Å². The van der Waals surface area contributed by atoms with Gasteiger partial charge >= 0.3 is 5.97 Å². The number of aromatic nitrogens is 1. The first-order chi connectivity index (χ1) is 6.63. The molecular weight excluding hydrogens is 206 g/mol. The van der Waals surface area contributed by atoms with E-state index < -0.39 is 5.97 Å². The summed E-state index contributed by atoms with van der Waals surface area (Å²) in [5.74, 6) is -1.03. The molecule has 0 radical (unpaired) electrons. The minimum Gasteiger partial charge on any atom is -0.478 e. The molecule has 0 aromatic carbocycles. The monoisotopic (exact) mass is 213 g/mol. The van der Waals surface area contributed by atoms with Crippen molar-refractivity contribution in [3.8, 4) is 0 Å². The fourth-order valence-corrected chi connectivity index (χ4v) is 1.09. The Morgan fingerprint density at radius 2 is 2.36 bits per heavy atom. The summed E-state index contributed by atoms with van der Waals surface area (Å²) < 4.78 is 0. The predicted octanol–water partition coefficient (Wildman–Crippen LogP) is 1.33. The van der Waals surface area contributed by atoms with Crippen LogP contribution in [0.3, 0.4) is 0 Å². The molecule has 0 amide bonds. The van der Waals surface area contributed by atoms with Crippen LogP contribution >= 0.6 is 11.6 Å². The zero-order valence-corrected chi connectivity index (χ0v) is 7.90. The van der Waals surface area contributed by atoms with Crippen molar-refractivity contribution in [2.45, 2.75) is 6.61 Å². The fraction of sp³-hybridized carbons (Fsp3) is 0.111. The average molecular weight is 214 g/mol. The van der Waals surface area contributed by atoms with Gasteiger partial charge < -0.3 is 10.2 Å². The second kappa shape index (κ2) is 4.74. The summed E-state index contributed by atoms with van der Waals surface area (Å²) in [6.07, 6.45) is 3.81. The van der Waals surface area contributed by atoms with Crippen LogP contribution in [0.5, 0.6) is 0 Å². The van der Waals surface area contributed by atoms with Crippen molar-refractivity contribution in [1.29, 1.82) is 0 Å². The molecule has 0 saturated heterocycles. The number of rotatable bonds is 3. The van der Waals surface area contributed by atoms with Crippen molar-refractivity contribution >= 4 is 23.6 Å². The van der Waals surface area contributed by atoms with Gasteiger partial charge in [0, 0.05) is 12.3 Å². The van der Waals surface area contributed by atoms with Gasteiger partial charge in [0.05, 0.1) is 17.3 Å². The average Bonchev–Trinajstić information content (AvgIpc) is 2.15. The number of aliphatic hydroxyl groups is 1. The Kier molecular flexibility index (Phi) is 3.62. The van der Waals surface area contributed by atoms with Crippen LogP contribution in [0.4, 0.5) is 0 Å². The smallest absolute Gasteiger partial charge is 0.328 e. The van der Waals surface area contributed by atoms with Gasteiger partial charge in [-0.05, 0) is 17.7 Å². The number of carboxylic acids is 1. The van der Waals surface area contributed by atoms with Gasteiger partial charge in [-0.15, -0.1) is 0 Å². The second-order valence-corrected chi connectivity index (χ2v) is 2.93. The van der Waals surface area contributed by atoms with E-state index in [1.165, 1.54) is 12.3 Å². The van der Waals surface area contributed by atoms with E-state index in [1.54, 1.807) is 6.07 Å². The molecule has 1 aromatic heterocycles. The highest BCUT2D eigenvalue weighted by molar-refractivity contribution is 6.31. The molecule has 5 heteroatoms. The van der Waals surface area contributed by atoms with Gasteiger partial charge in [0.1, 0.15) is 0 Å². The molecule has 0 aliphatic heterocycles. The summed E-state index contributed by atoms with van der Waals surface area (Å²) in [4.78, 5) is 14.0. The molecule has 0 saturated carbocycles. The fourth-order valence-electron chi connectivity index (χ4n) is 0.856. The number of hydrogen-bond donors (Lipinski definition) is 2. The molecule has 4 nitrogen and oxygen atoms in total. The van der Waals surface area contributed by atoms with Gasteiger partial charge in [0.25, 0.3) is 0 Å². The lowest BCUT2D eigenvalue weighted by molar-refractivity contribution is -0.131. The van der Waals surface area contributed by atoms with Crippen LogP contribution in [0.25, 0.3) is 6.08 Å². The van der Waals surface area contributed by atoms with Crippen LogP contribution < -0.4 is 0 Å². The molecule has 74 valence electrons. The number of carbonyl (C=O) groups is 1. The molecule has 0 unspecified atom stereocenters. The maximum absolute atomic E-state index is 10.2. The van der Waals surface area contributed by atoms with E-state index in [-0.39, 0.29) is 6.61 Å². The molecule has 0 atom stereocenters. The number of aliphatic hydroxyl groups excluding tert-OH is 1. The van der Waals surface area contributed by atoms with E-state index in [1.807, 2.05) is 0 Å². The standard InChI is InChI=1S/C9H8ClNO3/c10-7-3-6(1-2-9(13)14)4-11-8(7)5-12/h1-4,12H,5H2,(H,13,14). The molecule has 14 heavy (non-hydrogen) atoms. The SMILES string of the molecule is O=C(O)C=Cc1cnc(CO)c(Cl)c1. The summed E-state index contributed by atoms with van der Waals surface area (Å²) in [6, 6.07) is 1.54. The normalized spacial score (nSPS) is 10.7. The van der Waals surface area contributed by atoms with Crippen LogP contribution in [0, 0.1) is 0 Å². The Bertz CT molecular complexity index is 376. The molecule has 0 spiro atoms. The topological polar surface area (TPSA) is 70.4 Å². The maximum Gasteiger partial charge on any atom is 0.328 e. The molecule has 0 aliphatic carbocycles. The summed E-state index contributed by atoms with van der Waals surface area (Å²) in [7, 11) is 0. The van der Waals surface area contributed by atoms with Crippen LogP contribution in [-0.2, 0) is 11.4 Å². The van der Waals surface area contributed by atoms with Crippen molar-refractivity contribution in [1.82, 2.24) is 4.98 Å². The third kappa shape index (κ3) is 2.83. The van der Waals surface area contributed by atoms with Gasteiger partial charge in [0.15, 0.2) is 0 Å². The minimum atomic E-state index is -1.03. The zero-order chi connectivity index (χ0) is 10.6. The largest absolute Gasteiger partial charge is 0.478 e. The third-order valence-corrected chi connectivity index (χ3v) is 1.83. The van der Waals surface area contributed by atoms with Crippen LogP contribution in [0.2, 0.25) is 5.02 Å². The Morgan fingerprint density at radius 3 is 2.86 bits per heavy atom. The number of aliphatic carboxylic acids is 1. The van der Waals surface area contributed by atoms with Crippen molar-refractivity contribution in [2.75, 3.05) is 0 Å². The highest BCUT2D eigenvalue weighted by atomic mass is 35.5. The lowest BCUT2D eigenvalue weighted by atomic mass is 10.2. The molecule has 0 aliphatic rings. The summed E-state index contributed by atoms with van der Waals surface area (Å²) in [5.41, 5.74) is 0.953. The molecule has 0 fully saturated rings. The van der Waals surface area contributed by atoms with E-state index in [0.29, 0.717) is 16.3 Å². The van der Waals surface area contributed by atoms with Crippen molar-refractivity contribution in [3.63, 3.8) is 0 Å². The summed E-state index contributed by atoms with van der Waals surface area (Å²) in [5, 5.41) is 17.5. The minimum absolute atomic E-state index is 0.234. The van der Waals surface area contributed by atoms with E-state index in [0.717, 1.165) is 6.08 Å². The number of pyridine rings is 1. The van der Waals surface area contributed by atoms with Crippen LogP contribution in [0.1, 0.15) is 11.3 Å². The Morgan fingerprint density at radius 1 is 1.64 bits per heavy atom. The molecular formula is C9H8ClNO3. The number of halogens is 1. The zero-order valence-electron chi connectivity index (χ0n) is 7.14. The van der Waals surface area contributed by atoms with Crippen molar-refractivity contribution in [2.24, 2.45) is 0 Å². The number of nitrogens with zero attached hydrogens (tertiary/aromatic N) is 1. The van der Waals surface area contributed by atoms with E-state index in [2.05, 4.69) is 4.98 Å².